The van der Waals surface area contributed by atoms with Gasteiger partial charge in [-0.05, 0) is 30.3 Å². The predicted octanol–water partition coefficient (Wildman–Crippen LogP) is 2.50. The van der Waals surface area contributed by atoms with Crippen molar-refractivity contribution in [2.75, 3.05) is 26.2 Å². The van der Waals surface area contributed by atoms with Gasteiger partial charge in [-0.1, -0.05) is 6.07 Å². The smallest absolute Gasteiger partial charge is 0.433 e. The number of piperazine rings is 1. The molecule has 2 aromatic rings. The van der Waals surface area contributed by atoms with E-state index >= 15 is 0 Å². The molecule has 0 N–H and O–H groups in total. The molecule has 4 rings (SSSR count). The second-order valence-corrected chi connectivity index (χ2v) is 9.44. The maximum Gasteiger partial charge on any atom is 0.433 e. The highest BCUT2D eigenvalue weighted by Gasteiger charge is 2.41. The Kier molecular flexibility index (Phi) is 5.63. The lowest BCUT2D eigenvalue weighted by Crippen LogP contribution is -2.51. The van der Waals surface area contributed by atoms with Gasteiger partial charge in [0.2, 0.25) is 10.0 Å². The van der Waals surface area contributed by atoms with Gasteiger partial charge < -0.3 is 4.74 Å². The average molecular weight is 452 g/mol. The summed E-state index contributed by atoms with van der Waals surface area (Å²) in [6, 6.07) is 9.93. The zero-order valence-electron chi connectivity index (χ0n) is 16.3. The first kappa shape index (κ1) is 21.5. The first-order valence-corrected chi connectivity index (χ1v) is 11.0. The van der Waals surface area contributed by atoms with Gasteiger partial charge in [0.1, 0.15) is 17.5 Å². The second-order valence-electron chi connectivity index (χ2n) is 7.50. The van der Waals surface area contributed by atoms with Crippen LogP contribution in [0.3, 0.4) is 0 Å². The number of rotatable bonds is 4. The maximum atomic E-state index is 13.0. The van der Waals surface area contributed by atoms with Crippen molar-refractivity contribution in [3.63, 3.8) is 0 Å². The van der Waals surface area contributed by atoms with Gasteiger partial charge in [-0.3, -0.25) is 4.90 Å². The fourth-order valence-corrected chi connectivity index (χ4v) is 5.47. The van der Waals surface area contributed by atoms with Crippen molar-refractivity contribution in [3.8, 4) is 11.8 Å². The number of alkyl halides is 3. The number of hydrogen-bond acceptors (Lipinski definition) is 6. The van der Waals surface area contributed by atoms with E-state index in [0.29, 0.717) is 26.1 Å². The van der Waals surface area contributed by atoms with Gasteiger partial charge in [0.25, 0.3) is 0 Å². The lowest BCUT2D eigenvalue weighted by molar-refractivity contribution is -0.141. The first-order valence-electron chi connectivity index (χ1n) is 9.61. The highest BCUT2D eigenvalue weighted by atomic mass is 32.2. The number of nitriles is 1. The Morgan fingerprint density at radius 2 is 1.97 bits per heavy atom. The molecule has 3 heterocycles. The normalized spacial score (nSPS) is 22.6. The van der Waals surface area contributed by atoms with Gasteiger partial charge in [-0.15, -0.1) is 0 Å². The minimum absolute atomic E-state index is 0.0601. The third kappa shape index (κ3) is 4.51. The van der Waals surface area contributed by atoms with E-state index in [9.17, 15) is 21.6 Å². The van der Waals surface area contributed by atoms with Crippen LogP contribution in [0.4, 0.5) is 13.2 Å². The molecular weight excluding hydrogens is 433 g/mol. The van der Waals surface area contributed by atoms with Crippen molar-refractivity contribution in [1.29, 1.82) is 5.26 Å². The molecular formula is C20H19F3N4O3S. The Morgan fingerprint density at radius 3 is 2.65 bits per heavy atom. The lowest BCUT2D eigenvalue weighted by atomic mass is 10.2. The van der Waals surface area contributed by atoms with Crippen LogP contribution in [0, 0.1) is 11.3 Å². The Balaban J connectivity index is 1.41. The summed E-state index contributed by atoms with van der Waals surface area (Å²) >= 11 is 0. The zero-order valence-corrected chi connectivity index (χ0v) is 17.1. The molecule has 7 nitrogen and oxygen atoms in total. The van der Waals surface area contributed by atoms with E-state index in [2.05, 4.69) is 9.88 Å². The molecule has 11 heteroatoms. The van der Waals surface area contributed by atoms with Crippen molar-refractivity contribution in [2.45, 2.75) is 29.6 Å². The molecule has 0 saturated carbocycles. The summed E-state index contributed by atoms with van der Waals surface area (Å²) in [5.41, 5.74) is -0.704. The molecule has 2 saturated heterocycles. The van der Waals surface area contributed by atoms with Crippen molar-refractivity contribution in [2.24, 2.45) is 0 Å². The van der Waals surface area contributed by atoms with Crippen LogP contribution in [0.15, 0.2) is 47.5 Å². The number of sulfonamides is 1. The highest BCUT2D eigenvalue weighted by molar-refractivity contribution is 7.89. The minimum Gasteiger partial charge on any atom is -0.487 e. The van der Waals surface area contributed by atoms with Crippen molar-refractivity contribution in [3.05, 3.63) is 53.9 Å². The van der Waals surface area contributed by atoms with Crippen molar-refractivity contribution < 1.29 is 26.3 Å². The van der Waals surface area contributed by atoms with Gasteiger partial charge in [0.15, 0.2) is 0 Å². The summed E-state index contributed by atoms with van der Waals surface area (Å²) in [6.45, 7) is 1.67. The molecule has 31 heavy (non-hydrogen) atoms. The Hall–Kier alpha value is -2.68. The van der Waals surface area contributed by atoms with Crippen LogP contribution in [-0.4, -0.2) is 60.9 Å². The Bertz CT molecular complexity index is 1100. The predicted molar refractivity (Wildman–Crippen MR) is 104 cm³/mol. The quantitative estimate of drug-likeness (QED) is 0.709. The molecule has 1 aromatic carbocycles. The van der Waals surface area contributed by atoms with Crippen LogP contribution in [0.2, 0.25) is 0 Å². The molecule has 2 fully saturated rings. The van der Waals surface area contributed by atoms with Crippen LogP contribution < -0.4 is 4.74 Å². The molecule has 0 amide bonds. The topological polar surface area (TPSA) is 86.5 Å². The monoisotopic (exact) mass is 452 g/mol. The Labute approximate surface area is 177 Å². The number of benzene rings is 1. The number of pyridine rings is 1. The fourth-order valence-electron chi connectivity index (χ4n) is 3.96. The summed E-state index contributed by atoms with van der Waals surface area (Å²) in [5.74, 6) is 0.246. The number of nitrogens with zero attached hydrogens (tertiary/aromatic N) is 4. The third-order valence-electron chi connectivity index (χ3n) is 5.47. The highest BCUT2D eigenvalue weighted by Crippen LogP contribution is 2.31. The fraction of sp³-hybridized carbons (Fsp3) is 0.400. The number of fused-ring (bicyclic) bond motifs is 1. The van der Waals surface area contributed by atoms with Crippen LogP contribution in [0.25, 0.3) is 0 Å². The van der Waals surface area contributed by atoms with Gasteiger partial charge in [0, 0.05) is 38.6 Å². The lowest BCUT2D eigenvalue weighted by Gasteiger charge is -2.36. The summed E-state index contributed by atoms with van der Waals surface area (Å²) in [6.07, 6.45) is -3.17. The Morgan fingerprint density at radius 1 is 1.16 bits per heavy atom. The van der Waals surface area contributed by atoms with Gasteiger partial charge in [-0.2, -0.15) is 22.7 Å². The summed E-state index contributed by atoms with van der Waals surface area (Å²) in [4.78, 5) is 5.61. The number of halogens is 3. The maximum absolute atomic E-state index is 13.0. The van der Waals surface area contributed by atoms with Gasteiger partial charge in [-0.25, -0.2) is 13.4 Å². The largest absolute Gasteiger partial charge is 0.487 e. The summed E-state index contributed by atoms with van der Waals surface area (Å²) in [5, 5.41) is 9.03. The van der Waals surface area contributed by atoms with E-state index in [4.69, 9.17) is 10.00 Å². The second kappa shape index (κ2) is 8.11. The van der Waals surface area contributed by atoms with Crippen molar-refractivity contribution >= 4 is 10.0 Å². The van der Waals surface area contributed by atoms with E-state index in [-0.39, 0.29) is 34.9 Å². The standard InChI is InChI=1S/C20H19F3N4O3S/c21-20(22,23)19-5-4-16(11-25-19)30-17-9-15-12-27(7-6-26(15)13-17)31(28,29)18-3-1-2-14(8-18)10-24/h1-5,8,11,15,17H,6-7,9,12-13H2/t15-,17+/m0/s1. The molecule has 0 bridgehead atoms. The first-order chi connectivity index (χ1) is 14.7. The number of aromatic nitrogens is 1. The van der Waals surface area contributed by atoms with E-state index in [1.165, 1.54) is 22.5 Å². The van der Waals surface area contributed by atoms with E-state index in [1.807, 2.05) is 6.07 Å². The minimum atomic E-state index is -4.51. The van der Waals surface area contributed by atoms with Crippen LogP contribution in [0.5, 0.6) is 5.75 Å². The zero-order chi connectivity index (χ0) is 22.2. The molecule has 0 unspecified atom stereocenters. The summed E-state index contributed by atoms with van der Waals surface area (Å²) < 4.78 is 71.1. The number of hydrogen-bond donors (Lipinski definition) is 0. The van der Waals surface area contributed by atoms with Gasteiger partial charge in [0.05, 0.1) is 22.7 Å². The van der Waals surface area contributed by atoms with Crippen LogP contribution >= 0.6 is 0 Å². The summed E-state index contributed by atoms with van der Waals surface area (Å²) in [7, 11) is -3.73. The molecule has 2 aliphatic heterocycles. The van der Waals surface area contributed by atoms with E-state index in [1.54, 1.807) is 12.1 Å². The van der Waals surface area contributed by atoms with Crippen molar-refractivity contribution in [1.82, 2.24) is 14.2 Å². The third-order valence-corrected chi connectivity index (χ3v) is 7.33. The van der Waals surface area contributed by atoms with E-state index < -0.39 is 21.9 Å². The van der Waals surface area contributed by atoms with Crippen LogP contribution in [-0.2, 0) is 16.2 Å². The molecule has 164 valence electrons. The molecule has 0 spiro atoms. The molecule has 2 atom stereocenters. The molecule has 2 aliphatic rings. The molecule has 0 radical (unpaired) electrons. The average Bonchev–Trinajstić information content (AvgIpc) is 3.15. The number of ether oxygens (including phenoxy) is 1. The van der Waals surface area contributed by atoms with E-state index in [0.717, 1.165) is 12.3 Å². The molecule has 0 aliphatic carbocycles. The SMILES string of the molecule is N#Cc1cccc(S(=O)(=O)N2CCN3C[C@H](Oc4ccc(C(F)(F)F)nc4)C[C@H]3C2)c1. The van der Waals surface area contributed by atoms with Gasteiger partial charge >= 0.3 is 6.18 Å². The van der Waals surface area contributed by atoms with Crippen LogP contribution in [0.1, 0.15) is 17.7 Å². The molecule has 1 aromatic heterocycles.